The molecule has 3 aliphatic rings. The molecule has 114 valence electrons. The van der Waals surface area contributed by atoms with Crippen LogP contribution in [0.1, 0.15) is 56.6 Å². The minimum Gasteiger partial charge on any atom is -0.493 e. The molecule has 21 heavy (non-hydrogen) atoms. The van der Waals surface area contributed by atoms with Crippen LogP contribution in [0.4, 0.5) is 0 Å². The van der Waals surface area contributed by atoms with Gasteiger partial charge in [0.15, 0.2) is 0 Å². The lowest BCUT2D eigenvalue weighted by molar-refractivity contribution is 0.0763. The Labute approximate surface area is 128 Å². The normalized spacial score (nSPS) is 34.0. The van der Waals surface area contributed by atoms with Crippen molar-refractivity contribution < 1.29 is 4.74 Å². The largest absolute Gasteiger partial charge is 0.493 e. The average molecular weight is 285 g/mol. The molecule has 3 atom stereocenters. The number of ether oxygens (including phenoxy) is 1. The van der Waals surface area contributed by atoms with Gasteiger partial charge in [-0.2, -0.15) is 0 Å². The molecular formula is C19H27NO. The highest BCUT2D eigenvalue weighted by atomic mass is 16.5. The highest BCUT2D eigenvalue weighted by Gasteiger charge is 2.52. The second-order valence-electron chi connectivity index (χ2n) is 7.16. The fraction of sp³-hybridized carbons (Fsp3) is 0.684. The third-order valence-electron chi connectivity index (χ3n) is 6.07. The minimum absolute atomic E-state index is 0.409. The van der Waals surface area contributed by atoms with Crippen LogP contribution in [0.2, 0.25) is 0 Å². The molecule has 0 amide bonds. The lowest BCUT2D eigenvalue weighted by Gasteiger charge is -2.56. The van der Waals surface area contributed by atoms with Crippen molar-refractivity contribution in [1.29, 1.82) is 0 Å². The van der Waals surface area contributed by atoms with Crippen molar-refractivity contribution in [3.05, 3.63) is 29.3 Å². The molecule has 0 unspecified atom stereocenters. The first kappa shape index (κ1) is 13.6. The number of nitrogens with one attached hydrogen (secondary N) is 1. The molecule has 4 rings (SSSR count). The predicted molar refractivity (Wildman–Crippen MR) is 86.0 cm³/mol. The van der Waals surface area contributed by atoms with Crippen LogP contribution >= 0.6 is 0 Å². The van der Waals surface area contributed by atoms with Crippen molar-refractivity contribution in [2.75, 3.05) is 13.2 Å². The van der Waals surface area contributed by atoms with Gasteiger partial charge in [-0.3, -0.25) is 0 Å². The quantitative estimate of drug-likeness (QED) is 0.911. The Morgan fingerprint density at radius 2 is 2.24 bits per heavy atom. The van der Waals surface area contributed by atoms with Gasteiger partial charge in [0.25, 0.3) is 0 Å². The number of hydrogen-bond acceptors (Lipinski definition) is 2. The molecule has 2 bridgehead atoms. The number of hydrogen-bond donors (Lipinski definition) is 1. The maximum absolute atomic E-state index is 6.17. The summed E-state index contributed by atoms with van der Waals surface area (Å²) in [5.74, 6) is 2.03. The molecule has 1 N–H and O–H groups in total. The summed E-state index contributed by atoms with van der Waals surface area (Å²) in [5.41, 5.74) is 3.56. The van der Waals surface area contributed by atoms with Gasteiger partial charge >= 0.3 is 0 Å². The van der Waals surface area contributed by atoms with E-state index in [4.69, 9.17) is 4.74 Å². The Hall–Kier alpha value is -1.02. The molecule has 2 fully saturated rings. The van der Waals surface area contributed by atoms with Crippen LogP contribution in [-0.2, 0) is 11.8 Å². The molecule has 2 heteroatoms. The van der Waals surface area contributed by atoms with Gasteiger partial charge in [-0.1, -0.05) is 31.9 Å². The second kappa shape index (κ2) is 5.31. The lowest BCUT2D eigenvalue weighted by Crippen LogP contribution is -2.59. The predicted octanol–water partition coefficient (Wildman–Crippen LogP) is 3.82. The highest BCUT2D eigenvalue weighted by molar-refractivity contribution is 5.50. The zero-order valence-corrected chi connectivity index (χ0v) is 13.2. The maximum Gasteiger partial charge on any atom is 0.123 e. The summed E-state index contributed by atoms with van der Waals surface area (Å²) in [6.45, 7) is 4.22. The molecule has 2 nitrogen and oxygen atoms in total. The lowest BCUT2D eigenvalue weighted by atomic mass is 9.52. The minimum atomic E-state index is 0.409. The van der Waals surface area contributed by atoms with Gasteiger partial charge in [0.05, 0.1) is 6.61 Å². The van der Waals surface area contributed by atoms with Gasteiger partial charge in [0.1, 0.15) is 5.75 Å². The van der Waals surface area contributed by atoms with E-state index in [2.05, 4.69) is 30.4 Å². The van der Waals surface area contributed by atoms with Crippen molar-refractivity contribution in [2.45, 2.75) is 63.3 Å². The van der Waals surface area contributed by atoms with Crippen LogP contribution in [0.5, 0.6) is 5.75 Å². The second-order valence-corrected chi connectivity index (χ2v) is 7.16. The summed E-state index contributed by atoms with van der Waals surface area (Å²) < 4.78 is 6.17. The number of benzene rings is 1. The summed E-state index contributed by atoms with van der Waals surface area (Å²) in [6.07, 6.45) is 9.17. The van der Waals surface area contributed by atoms with Crippen molar-refractivity contribution >= 4 is 0 Å². The molecular weight excluding hydrogens is 258 g/mol. The first-order chi connectivity index (χ1) is 10.3. The van der Waals surface area contributed by atoms with E-state index in [0.29, 0.717) is 11.5 Å². The van der Waals surface area contributed by atoms with Crippen molar-refractivity contribution in [1.82, 2.24) is 5.32 Å². The van der Waals surface area contributed by atoms with Gasteiger partial charge in [-0.05, 0) is 56.2 Å². The van der Waals surface area contributed by atoms with E-state index >= 15 is 0 Å². The Morgan fingerprint density at radius 1 is 1.29 bits per heavy atom. The van der Waals surface area contributed by atoms with Crippen LogP contribution < -0.4 is 10.1 Å². The number of piperidine rings is 1. The van der Waals surface area contributed by atoms with Crippen LogP contribution in [0.3, 0.4) is 0 Å². The molecule has 1 aromatic rings. The van der Waals surface area contributed by atoms with E-state index in [0.717, 1.165) is 18.9 Å². The van der Waals surface area contributed by atoms with E-state index in [9.17, 15) is 0 Å². The van der Waals surface area contributed by atoms with E-state index in [1.807, 2.05) is 0 Å². The monoisotopic (exact) mass is 285 g/mol. The molecule has 1 saturated carbocycles. The molecule has 1 heterocycles. The van der Waals surface area contributed by atoms with Crippen LogP contribution in [-0.4, -0.2) is 19.2 Å². The van der Waals surface area contributed by atoms with Gasteiger partial charge in [0.2, 0.25) is 0 Å². The van der Waals surface area contributed by atoms with Crippen LogP contribution in [0, 0.1) is 5.92 Å². The van der Waals surface area contributed by atoms with Crippen LogP contribution in [0.15, 0.2) is 18.2 Å². The first-order valence-electron chi connectivity index (χ1n) is 8.84. The molecule has 1 aromatic carbocycles. The van der Waals surface area contributed by atoms with E-state index in [1.54, 1.807) is 11.1 Å². The summed E-state index contributed by atoms with van der Waals surface area (Å²) in [7, 11) is 0. The average Bonchev–Trinajstić information content (AvgIpc) is 2.52. The van der Waals surface area contributed by atoms with E-state index in [1.165, 1.54) is 50.8 Å². The first-order valence-corrected chi connectivity index (χ1v) is 8.84. The Bertz CT molecular complexity index is 522. The van der Waals surface area contributed by atoms with Crippen molar-refractivity contribution in [3.8, 4) is 5.75 Å². The summed E-state index contributed by atoms with van der Waals surface area (Å²) >= 11 is 0. The van der Waals surface area contributed by atoms with Gasteiger partial charge in [-0.25, -0.2) is 0 Å². The summed E-state index contributed by atoms with van der Waals surface area (Å²) in [4.78, 5) is 0. The molecule has 1 aliphatic heterocycles. The van der Waals surface area contributed by atoms with Crippen LogP contribution in [0.25, 0.3) is 0 Å². The van der Waals surface area contributed by atoms with Crippen molar-refractivity contribution in [2.24, 2.45) is 5.92 Å². The smallest absolute Gasteiger partial charge is 0.123 e. The van der Waals surface area contributed by atoms with E-state index in [-0.39, 0.29) is 0 Å². The maximum atomic E-state index is 6.17. The Kier molecular flexibility index (Phi) is 3.45. The zero-order chi connectivity index (χ0) is 14.3. The van der Waals surface area contributed by atoms with Crippen molar-refractivity contribution in [3.63, 3.8) is 0 Å². The molecule has 1 saturated heterocycles. The van der Waals surface area contributed by atoms with Gasteiger partial charge < -0.3 is 10.1 Å². The number of rotatable bonds is 3. The number of fused-ring (bicyclic) bond motifs is 1. The SMILES string of the molecule is CCCOc1cccc2c1[C@@]13CCCC[C@H]1[C@@H](C2)NCC3. The van der Waals surface area contributed by atoms with E-state index < -0.39 is 0 Å². The molecule has 0 aromatic heterocycles. The Morgan fingerprint density at radius 3 is 3.14 bits per heavy atom. The third-order valence-corrected chi connectivity index (χ3v) is 6.07. The van der Waals surface area contributed by atoms with Gasteiger partial charge in [-0.15, -0.1) is 0 Å². The Balaban J connectivity index is 1.83. The highest BCUT2D eigenvalue weighted by Crippen LogP contribution is 2.56. The third kappa shape index (κ3) is 2.03. The topological polar surface area (TPSA) is 21.3 Å². The zero-order valence-electron chi connectivity index (χ0n) is 13.2. The molecule has 0 radical (unpaired) electrons. The summed E-state index contributed by atoms with van der Waals surface area (Å²) in [6, 6.07) is 7.46. The van der Waals surface area contributed by atoms with Gasteiger partial charge in [0, 0.05) is 17.0 Å². The summed E-state index contributed by atoms with van der Waals surface area (Å²) in [5, 5.41) is 3.81. The fourth-order valence-electron chi connectivity index (χ4n) is 5.32. The fourth-order valence-corrected chi connectivity index (χ4v) is 5.32. The standard InChI is InChI=1S/C19H27NO/c1-2-12-21-17-8-5-6-14-13-16-15-7-3-4-9-19(15,18(14)17)10-11-20-16/h5-6,8,15-16,20H,2-4,7,9-13H2,1H3/t15-,16+,19+/m0/s1. The molecule has 2 aliphatic carbocycles. The molecule has 0 spiro atoms.